The number of para-hydroxylation sites is 1. The number of alkyl halides is 3. The molecule has 26 heavy (non-hydrogen) atoms. The summed E-state index contributed by atoms with van der Waals surface area (Å²) in [6.07, 6.45) is -5.12. The molecular formula is C19H18F3NO3. The van der Waals surface area contributed by atoms with E-state index in [9.17, 15) is 18.0 Å². The Kier molecular flexibility index (Phi) is 5.18. The molecule has 4 nitrogen and oxygen atoms in total. The van der Waals surface area contributed by atoms with Crippen LogP contribution in [0.3, 0.4) is 0 Å². The van der Waals surface area contributed by atoms with Gasteiger partial charge in [0.25, 0.3) is 5.91 Å². The molecular weight excluding hydrogens is 347 g/mol. The maximum Gasteiger partial charge on any atom is 0.416 e. The Balaban J connectivity index is 1.88. The Labute approximate surface area is 149 Å². The zero-order chi connectivity index (χ0) is 18.7. The van der Waals surface area contributed by atoms with Gasteiger partial charge in [-0.3, -0.25) is 4.79 Å². The standard InChI is InChI=1S/C19H18F3NO3/c1-2-25-16-9-4-3-8-15(16)18-23(17(24)12-26-18)11-13-6-5-7-14(10-13)19(20,21)22/h3-10,18H,2,11-12H2,1H3. The van der Waals surface area contributed by atoms with E-state index >= 15 is 0 Å². The van der Waals surface area contributed by atoms with Crippen molar-refractivity contribution in [2.45, 2.75) is 25.9 Å². The van der Waals surface area contributed by atoms with Gasteiger partial charge in [-0.1, -0.05) is 30.3 Å². The Hall–Kier alpha value is -2.54. The van der Waals surface area contributed by atoms with Crippen molar-refractivity contribution in [3.63, 3.8) is 0 Å². The van der Waals surface area contributed by atoms with E-state index in [1.54, 1.807) is 24.3 Å². The van der Waals surface area contributed by atoms with Crippen LogP contribution in [0.1, 0.15) is 29.8 Å². The van der Waals surface area contributed by atoms with Crippen LogP contribution in [0.15, 0.2) is 48.5 Å². The van der Waals surface area contributed by atoms with Gasteiger partial charge in [0.15, 0.2) is 6.23 Å². The van der Waals surface area contributed by atoms with E-state index in [1.165, 1.54) is 11.0 Å². The Bertz CT molecular complexity index is 792. The fraction of sp³-hybridized carbons (Fsp3) is 0.316. The molecule has 1 atom stereocenters. The predicted octanol–water partition coefficient (Wildman–Crippen LogP) is 4.16. The van der Waals surface area contributed by atoms with Crippen molar-refractivity contribution in [2.24, 2.45) is 0 Å². The van der Waals surface area contributed by atoms with E-state index in [2.05, 4.69) is 0 Å². The molecule has 0 saturated carbocycles. The summed E-state index contributed by atoms with van der Waals surface area (Å²) in [7, 11) is 0. The van der Waals surface area contributed by atoms with E-state index in [1.807, 2.05) is 13.0 Å². The number of ether oxygens (including phenoxy) is 2. The lowest BCUT2D eigenvalue weighted by Crippen LogP contribution is -2.28. The van der Waals surface area contributed by atoms with Crippen molar-refractivity contribution in [3.8, 4) is 5.75 Å². The summed E-state index contributed by atoms with van der Waals surface area (Å²) >= 11 is 0. The van der Waals surface area contributed by atoms with Gasteiger partial charge in [0.1, 0.15) is 12.4 Å². The molecule has 0 bridgehead atoms. The number of halogens is 3. The van der Waals surface area contributed by atoms with Gasteiger partial charge in [-0.25, -0.2) is 0 Å². The lowest BCUT2D eigenvalue weighted by atomic mass is 10.1. The van der Waals surface area contributed by atoms with Gasteiger partial charge in [-0.15, -0.1) is 0 Å². The molecule has 1 saturated heterocycles. The summed E-state index contributed by atoms with van der Waals surface area (Å²) in [6.45, 7) is 2.20. The summed E-state index contributed by atoms with van der Waals surface area (Å²) in [4.78, 5) is 13.7. The highest BCUT2D eigenvalue weighted by atomic mass is 19.4. The normalized spacial score (nSPS) is 17.6. The minimum atomic E-state index is -4.43. The maximum absolute atomic E-state index is 12.9. The van der Waals surface area contributed by atoms with Gasteiger partial charge >= 0.3 is 6.18 Å². The largest absolute Gasteiger partial charge is 0.493 e. The molecule has 2 aromatic rings. The number of hydrogen-bond acceptors (Lipinski definition) is 3. The highest BCUT2D eigenvalue weighted by Gasteiger charge is 2.35. The second-order valence-corrected chi connectivity index (χ2v) is 5.85. The van der Waals surface area contributed by atoms with Gasteiger partial charge in [0, 0.05) is 12.1 Å². The van der Waals surface area contributed by atoms with Crippen LogP contribution < -0.4 is 4.74 Å². The first kappa shape index (κ1) is 18.3. The van der Waals surface area contributed by atoms with Crippen LogP contribution in [0.5, 0.6) is 5.75 Å². The van der Waals surface area contributed by atoms with Crippen molar-refractivity contribution in [2.75, 3.05) is 13.2 Å². The van der Waals surface area contributed by atoms with Crippen LogP contribution in [0.4, 0.5) is 13.2 Å². The second kappa shape index (κ2) is 7.37. The van der Waals surface area contributed by atoms with Crippen molar-refractivity contribution >= 4 is 5.91 Å². The maximum atomic E-state index is 12.9. The molecule has 3 rings (SSSR count). The summed E-state index contributed by atoms with van der Waals surface area (Å²) in [5, 5.41) is 0. The average molecular weight is 365 g/mol. The second-order valence-electron chi connectivity index (χ2n) is 5.85. The lowest BCUT2D eigenvalue weighted by Gasteiger charge is -2.25. The van der Waals surface area contributed by atoms with Crippen molar-refractivity contribution in [1.29, 1.82) is 0 Å². The van der Waals surface area contributed by atoms with E-state index in [-0.39, 0.29) is 19.1 Å². The van der Waals surface area contributed by atoms with Crippen LogP contribution in [0, 0.1) is 0 Å². The molecule has 0 aliphatic carbocycles. The lowest BCUT2D eigenvalue weighted by molar-refractivity contribution is -0.137. The minimum Gasteiger partial charge on any atom is -0.493 e. The number of carbonyl (C=O) groups is 1. The van der Waals surface area contributed by atoms with Gasteiger partial charge in [0.05, 0.1) is 12.2 Å². The van der Waals surface area contributed by atoms with Gasteiger partial charge in [0.2, 0.25) is 0 Å². The molecule has 1 amide bonds. The summed E-state index contributed by atoms with van der Waals surface area (Å²) in [5.74, 6) is 0.308. The first-order valence-electron chi connectivity index (χ1n) is 8.19. The molecule has 0 N–H and O–H groups in total. The third-order valence-electron chi connectivity index (χ3n) is 4.06. The van der Waals surface area contributed by atoms with E-state index in [0.717, 1.165) is 12.1 Å². The molecule has 0 aromatic heterocycles. The zero-order valence-corrected chi connectivity index (χ0v) is 14.1. The number of nitrogens with zero attached hydrogens (tertiary/aromatic N) is 1. The number of carbonyl (C=O) groups excluding carboxylic acids is 1. The highest BCUT2D eigenvalue weighted by molar-refractivity contribution is 5.79. The first-order chi connectivity index (χ1) is 12.4. The number of amides is 1. The average Bonchev–Trinajstić information content (AvgIpc) is 2.96. The smallest absolute Gasteiger partial charge is 0.416 e. The van der Waals surface area contributed by atoms with E-state index in [4.69, 9.17) is 9.47 Å². The fourth-order valence-corrected chi connectivity index (χ4v) is 2.90. The predicted molar refractivity (Wildman–Crippen MR) is 88.3 cm³/mol. The minimum absolute atomic E-state index is 0.0217. The molecule has 1 aliphatic rings. The van der Waals surface area contributed by atoms with Crippen molar-refractivity contribution in [1.82, 2.24) is 4.90 Å². The number of benzene rings is 2. The molecule has 0 spiro atoms. The van der Waals surface area contributed by atoms with Crippen molar-refractivity contribution < 1.29 is 27.4 Å². The molecule has 1 aliphatic heterocycles. The molecule has 1 fully saturated rings. The van der Waals surface area contributed by atoms with Crippen molar-refractivity contribution in [3.05, 3.63) is 65.2 Å². The molecule has 0 radical (unpaired) electrons. The Morgan fingerprint density at radius 2 is 1.96 bits per heavy atom. The molecule has 1 heterocycles. The summed E-state index contributed by atoms with van der Waals surface area (Å²) in [6, 6.07) is 12.1. The molecule has 138 valence electrons. The Morgan fingerprint density at radius 3 is 2.69 bits per heavy atom. The van der Waals surface area contributed by atoms with Crippen LogP contribution >= 0.6 is 0 Å². The summed E-state index contributed by atoms with van der Waals surface area (Å²) in [5.41, 5.74) is 0.318. The zero-order valence-electron chi connectivity index (χ0n) is 14.1. The monoisotopic (exact) mass is 365 g/mol. The Morgan fingerprint density at radius 1 is 1.19 bits per heavy atom. The molecule has 7 heteroatoms. The van der Waals surface area contributed by atoms with Crippen LogP contribution in [0.25, 0.3) is 0 Å². The number of rotatable bonds is 5. The fourth-order valence-electron chi connectivity index (χ4n) is 2.90. The molecule has 1 unspecified atom stereocenters. The quantitative estimate of drug-likeness (QED) is 0.799. The van der Waals surface area contributed by atoms with Gasteiger partial charge in [-0.05, 0) is 30.7 Å². The van der Waals surface area contributed by atoms with Crippen LogP contribution in [-0.2, 0) is 22.3 Å². The topological polar surface area (TPSA) is 38.8 Å². The van der Waals surface area contributed by atoms with Crippen LogP contribution in [0.2, 0.25) is 0 Å². The third kappa shape index (κ3) is 3.83. The van der Waals surface area contributed by atoms with Gasteiger partial charge in [-0.2, -0.15) is 13.2 Å². The first-order valence-corrected chi connectivity index (χ1v) is 8.19. The van der Waals surface area contributed by atoms with E-state index in [0.29, 0.717) is 23.5 Å². The number of hydrogen-bond donors (Lipinski definition) is 0. The highest BCUT2D eigenvalue weighted by Crippen LogP contribution is 2.36. The SMILES string of the molecule is CCOc1ccccc1C1OCC(=O)N1Cc1cccc(C(F)(F)F)c1. The summed E-state index contributed by atoms with van der Waals surface area (Å²) < 4.78 is 49.9. The third-order valence-corrected chi connectivity index (χ3v) is 4.06. The van der Waals surface area contributed by atoms with Crippen LogP contribution in [-0.4, -0.2) is 24.0 Å². The van der Waals surface area contributed by atoms with E-state index < -0.39 is 18.0 Å². The van der Waals surface area contributed by atoms with Gasteiger partial charge < -0.3 is 14.4 Å². The molecule has 2 aromatic carbocycles.